The molecule has 1 N–H and O–H groups in total. The van der Waals surface area contributed by atoms with Crippen molar-refractivity contribution in [1.29, 1.82) is 0 Å². The van der Waals surface area contributed by atoms with Gasteiger partial charge in [0.1, 0.15) is 0 Å². The molecule has 154 valence electrons. The molecule has 0 radical (unpaired) electrons. The average molecular weight is 425 g/mol. The Morgan fingerprint density at radius 3 is 2.55 bits per heavy atom. The zero-order valence-electron chi connectivity index (χ0n) is 17.9. The summed E-state index contributed by atoms with van der Waals surface area (Å²) in [4.78, 5) is 13.2. The predicted octanol–water partition coefficient (Wildman–Crippen LogP) is 7.94. The molecule has 1 aliphatic rings. The first-order valence-corrected chi connectivity index (χ1v) is 11.4. The fourth-order valence-corrected chi connectivity index (χ4v) is 5.72. The molecule has 1 heterocycles. The molecule has 2 nitrogen and oxygen atoms in total. The largest absolute Gasteiger partial charge is 0.478 e. The van der Waals surface area contributed by atoms with Gasteiger partial charge in [0.25, 0.3) is 0 Å². The minimum absolute atomic E-state index is 0.108. The SMILES string of the molecule is Cc1ccsc1-c1c(C(=O)O)cccc1-c1cccc2cc3c(cc12)C=CCC3(C)C. The summed E-state index contributed by atoms with van der Waals surface area (Å²) >= 11 is 1.60. The molecule has 3 aromatic carbocycles. The molecule has 0 unspecified atom stereocenters. The average Bonchev–Trinajstić information content (AvgIpc) is 3.17. The lowest BCUT2D eigenvalue weighted by Gasteiger charge is -2.30. The number of benzene rings is 3. The zero-order valence-corrected chi connectivity index (χ0v) is 18.7. The van der Waals surface area contributed by atoms with E-state index in [9.17, 15) is 9.90 Å². The summed E-state index contributed by atoms with van der Waals surface area (Å²) in [7, 11) is 0. The van der Waals surface area contributed by atoms with Crippen LogP contribution in [0.15, 0.2) is 66.1 Å². The molecule has 0 saturated heterocycles. The maximum Gasteiger partial charge on any atom is 0.336 e. The standard InChI is InChI=1S/C28H24O2S/c1-17-12-14-31-26(17)25-21(10-5-11-22(25)27(29)30)20-9-4-7-18-16-24-19(15-23(18)20)8-6-13-28(24,2)3/h4-12,14-16H,13H2,1-3H3,(H,29,30). The Balaban J connectivity index is 1.84. The first kappa shape index (κ1) is 19.8. The third-order valence-electron chi connectivity index (χ3n) is 6.38. The van der Waals surface area contributed by atoms with Gasteiger partial charge in [-0.1, -0.05) is 56.3 Å². The van der Waals surface area contributed by atoms with E-state index in [-0.39, 0.29) is 5.41 Å². The van der Waals surface area contributed by atoms with E-state index in [1.165, 1.54) is 16.5 Å². The number of aromatic carboxylic acids is 1. The third kappa shape index (κ3) is 3.21. The minimum atomic E-state index is -0.896. The Morgan fingerprint density at radius 2 is 1.81 bits per heavy atom. The van der Waals surface area contributed by atoms with Crippen LogP contribution in [0.5, 0.6) is 0 Å². The number of fused-ring (bicyclic) bond motifs is 2. The van der Waals surface area contributed by atoms with Crippen LogP contribution >= 0.6 is 11.3 Å². The first-order valence-electron chi connectivity index (χ1n) is 10.5. The molecule has 1 aromatic heterocycles. The van der Waals surface area contributed by atoms with Crippen LogP contribution in [0.2, 0.25) is 0 Å². The second-order valence-corrected chi connectivity index (χ2v) is 9.84. The van der Waals surface area contributed by atoms with Crippen LogP contribution in [0.25, 0.3) is 38.4 Å². The van der Waals surface area contributed by atoms with Gasteiger partial charge in [-0.15, -0.1) is 11.3 Å². The molecule has 0 bridgehead atoms. The summed E-state index contributed by atoms with van der Waals surface area (Å²) in [6.45, 7) is 6.62. The predicted molar refractivity (Wildman–Crippen MR) is 131 cm³/mol. The molecule has 3 heteroatoms. The fraction of sp³-hybridized carbons (Fsp3) is 0.179. The number of rotatable bonds is 3. The van der Waals surface area contributed by atoms with Gasteiger partial charge >= 0.3 is 5.97 Å². The molecule has 5 rings (SSSR count). The minimum Gasteiger partial charge on any atom is -0.478 e. The van der Waals surface area contributed by atoms with E-state index >= 15 is 0 Å². The van der Waals surface area contributed by atoms with E-state index < -0.39 is 5.97 Å². The Morgan fingerprint density at radius 1 is 1.03 bits per heavy atom. The molecule has 0 saturated carbocycles. The van der Waals surface area contributed by atoms with Crippen molar-refractivity contribution in [3.8, 4) is 21.6 Å². The van der Waals surface area contributed by atoms with Crippen LogP contribution in [-0.2, 0) is 5.41 Å². The van der Waals surface area contributed by atoms with Gasteiger partial charge in [-0.3, -0.25) is 0 Å². The summed E-state index contributed by atoms with van der Waals surface area (Å²) < 4.78 is 0. The van der Waals surface area contributed by atoms with E-state index in [0.29, 0.717) is 5.56 Å². The van der Waals surface area contributed by atoms with E-state index in [4.69, 9.17) is 0 Å². The van der Waals surface area contributed by atoms with Gasteiger partial charge in [-0.25, -0.2) is 4.79 Å². The van der Waals surface area contributed by atoms with Crippen molar-refractivity contribution in [3.05, 3.63) is 88.3 Å². The van der Waals surface area contributed by atoms with Gasteiger partial charge in [0.05, 0.1) is 5.56 Å². The first-order chi connectivity index (χ1) is 14.9. The van der Waals surface area contributed by atoms with E-state index in [2.05, 4.69) is 68.5 Å². The van der Waals surface area contributed by atoms with Gasteiger partial charge in [-0.2, -0.15) is 0 Å². The molecule has 0 fully saturated rings. The lowest BCUT2D eigenvalue weighted by Crippen LogP contribution is -2.19. The molecular formula is C28H24O2S. The van der Waals surface area contributed by atoms with Crippen molar-refractivity contribution >= 4 is 34.2 Å². The van der Waals surface area contributed by atoms with Gasteiger partial charge in [0, 0.05) is 10.4 Å². The van der Waals surface area contributed by atoms with E-state index in [1.54, 1.807) is 17.4 Å². The number of aryl methyl sites for hydroxylation is 1. The van der Waals surface area contributed by atoms with Crippen molar-refractivity contribution in [3.63, 3.8) is 0 Å². The van der Waals surface area contributed by atoms with Crippen molar-refractivity contribution in [2.75, 3.05) is 0 Å². The highest BCUT2D eigenvalue weighted by Crippen LogP contribution is 2.44. The summed E-state index contributed by atoms with van der Waals surface area (Å²) in [5.74, 6) is -0.896. The second-order valence-electron chi connectivity index (χ2n) is 8.92. The molecule has 31 heavy (non-hydrogen) atoms. The molecule has 0 aliphatic heterocycles. The quantitative estimate of drug-likeness (QED) is 0.362. The lowest BCUT2D eigenvalue weighted by atomic mass is 9.74. The van der Waals surface area contributed by atoms with Crippen LogP contribution in [0.3, 0.4) is 0 Å². The monoisotopic (exact) mass is 424 g/mol. The van der Waals surface area contributed by atoms with Crippen LogP contribution in [-0.4, -0.2) is 11.1 Å². The molecule has 0 spiro atoms. The van der Waals surface area contributed by atoms with E-state index in [1.807, 2.05) is 18.4 Å². The maximum absolute atomic E-state index is 12.1. The summed E-state index contributed by atoms with van der Waals surface area (Å²) in [5.41, 5.74) is 7.02. The normalized spacial score (nSPS) is 14.5. The molecule has 0 atom stereocenters. The van der Waals surface area contributed by atoms with E-state index in [0.717, 1.165) is 38.9 Å². The van der Waals surface area contributed by atoms with Crippen LogP contribution in [0.4, 0.5) is 0 Å². The van der Waals surface area contributed by atoms with Gasteiger partial charge in [0.2, 0.25) is 0 Å². The molecular weight excluding hydrogens is 400 g/mol. The summed E-state index contributed by atoms with van der Waals surface area (Å²) in [6, 6.07) is 18.6. The lowest BCUT2D eigenvalue weighted by molar-refractivity contribution is 0.0698. The Labute approximate surface area is 186 Å². The highest BCUT2D eigenvalue weighted by Gasteiger charge is 2.26. The number of carboxylic acids is 1. The summed E-state index contributed by atoms with van der Waals surface area (Å²) in [6.07, 6.45) is 5.50. The van der Waals surface area contributed by atoms with Crippen molar-refractivity contribution in [2.24, 2.45) is 0 Å². The number of hydrogen-bond acceptors (Lipinski definition) is 2. The van der Waals surface area contributed by atoms with Gasteiger partial charge in [0.15, 0.2) is 0 Å². The molecule has 4 aromatic rings. The van der Waals surface area contributed by atoms with Crippen molar-refractivity contribution in [2.45, 2.75) is 32.6 Å². The molecule has 1 aliphatic carbocycles. The number of allylic oxidation sites excluding steroid dienone is 1. The highest BCUT2D eigenvalue weighted by molar-refractivity contribution is 7.13. The number of carboxylic acid groups (broad SMARTS) is 1. The number of thiophene rings is 1. The highest BCUT2D eigenvalue weighted by atomic mass is 32.1. The third-order valence-corrected chi connectivity index (χ3v) is 7.41. The second kappa shape index (κ2) is 7.21. The molecule has 0 amide bonds. The Kier molecular flexibility index (Phi) is 4.60. The maximum atomic E-state index is 12.1. The van der Waals surface area contributed by atoms with Crippen LogP contribution < -0.4 is 0 Å². The number of carbonyl (C=O) groups is 1. The Bertz CT molecular complexity index is 1370. The smallest absolute Gasteiger partial charge is 0.336 e. The number of hydrogen-bond donors (Lipinski definition) is 1. The fourth-order valence-electron chi connectivity index (χ4n) is 4.72. The van der Waals surface area contributed by atoms with Crippen LogP contribution in [0.1, 0.15) is 47.3 Å². The van der Waals surface area contributed by atoms with Crippen molar-refractivity contribution in [1.82, 2.24) is 0 Å². The van der Waals surface area contributed by atoms with Crippen molar-refractivity contribution < 1.29 is 9.90 Å². The topological polar surface area (TPSA) is 37.3 Å². The van der Waals surface area contributed by atoms with Crippen LogP contribution in [0, 0.1) is 6.92 Å². The Hall–Kier alpha value is -3.17. The van der Waals surface area contributed by atoms with Gasteiger partial charge in [-0.05, 0) is 87.0 Å². The van der Waals surface area contributed by atoms with Gasteiger partial charge < -0.3 is 5.11 Å². The zero-order chi connectivity index (χ0) is 21.8. The summed E-state index contributed by atoms with van der Waals surface area (Å²) in [5, 5.41) is 14.3.